The zero-order valence-electron chi connectivity index (χ0n) is 18.2. The molecule has 7 heteroatoms. The Kier molecular flexibility index (Phi) is 8.50. The zero-order valence-corrected chi connectivity index (χ0v) is 18.9. The summed E-state index contributed by atoms with van der Waals surface area (Å²) in [5.41, 5.74) is 4.39. The van der Waals surface area contributed by atoms with Gasteiger partial charge in [0.2, 0.25) is 5.78 Å². The molecule has 1 aliphatic heterocycles. The van der Waals surface area contributed by atoms with Crippen LogP contribution in [0, 0.1) is 13.8 Å². The number of aromatic nitrogens is 1. The minimum Gasteiger partial charge on any atom is -1.00 e. The average Bonchev–Trinajstić information content (AvgIpc) is 3.30. The number of hydrogen-bond acceptors (Lipinski definition) is 5. The second kappa shape index (κ2) is 10.6. The molecule has 1 fully saturated rings. The maximum Gasteiger partial charge on any atom is 0.340 e. The fourth-order valence-electron chi connectivity index (χ4n) is 3.94. The summed E-state index contributed by atoms with van der Waals surface area (Å²) < 4.78 is 5.11. The Morgan fingerprint density at radius 1 is 1.17 bits per heavy atom. The summed E-state index contributed by atoms with van der Waals surface area (Å²) in [4.78, 5) is 30.7. The lowest BCUT2D eigenvalue weighted by molar-refractivity contribution is -0.0000320. The second-order valence-corrected chi connectivity index (χ2v) is 7.76. The Balaban J connectivity index is 0.00000320. The SMILES string of the molecule is CCOC(=O)c1c(C)[nH]c(C(=O)C(C)Nc2ccc(CN3CCCC3)cc2)c1C.[Cl-]. The lowest BCUT2D eigenvalue weighted by atomic mass is 10.0. The molecule has 0 saturated carbocycles. The van der Waals surface area contributed by atoms with Crippen LogP contribution in [0.3, 0.4) is 0 Å². The Morgan fingerprint density at radius 3 is 2.40 bits per heavy atom. The van der Waals surface area contributed by atoms with E-state index in [2.05, 4.69) is 27.3 Å². The van der Waals surface area contributed by atoms with E-state index in [4.69, 9.17) is 4.74 Å². The number of aryl methyl sites for hydroxylation is 1. The summed E-state index contributed by atoms with van der Waals surface area (Å²) in [6.07, 6.45) is 2.57. The number of nitrogens with zero attached hydrogens (tertiary/aromatic N) is 1. The van der Waals surface area contributed by atoms with Gasteiger partial charge in [0.15, 0.2) is 0 Å². The van der Waals surface area contributed by atoms with Crippen molar-refractivity contribution in [3.63, 3.8) is 0 Å². The molecule has 0 aliphatic carbocycles. The number of Topliss-reactive ketones (excluding diaryl/α,β-unsaturated/α-hetero) is 1. The highest BCUT2D eigenvalue weighted by molar-refractivity contribution is 6.04. The van der Waals surface area contributed by atoms with Gasteiger partial charge in [0.05, 0.1) is 23.9 Å². The van der Waals surface area contributed by atoms with Gasteiger partial charge in [0, 0.05) is 17.9 Å². The first-order chi connectivity index (χ1) is 13.9. The number of ether oxygens (including phenoxy) is 1. The number of hydrogen-bond donors (Lipinski definition) is 2. The highest BCUT2D eigenvalue weighted by atomic mass is 35.5. The van der Waals surface area contributed by atoms with E-state index < -0.39 is 12.0 Å². The number of esters is 1. The van der Waals surface area contributed by atoms with Crippen LogP contribution in [0.2, 0.25) is 0 Å². The van der Waals surface area contributed by atoms with Crippen LogP contribution >= 0.6 is 0 Å². The minimum absolute atomic E-state index is 0. The lowest BCUT2D eigenvalue weighted by Crippen LogP contribution is -3.00. The third-order valence-electron chi connectivity index (χ3n) is 5.50. The highest BCUT2D eigenvalue weighted by Crippen LogP contribution is 2.22. The monoisotopic (exact) mass is 432 g/mol. The number of aromatic amines is 1. The molecule has 3 rings (SSSR count). The van der Waals surface area contributed by atoms with E-state index in [1.54, 1.807) is 20.8 Å². The van der Waals surface area contributed by atoms with Gasteiger partial charge >= 0.3 is 5.97 Å². The third-order valence-corrected chi connectivity index (χ3v) is 5.50. The van der Waals surface area contributed by atoms with Crippen LogP contribution in [-0.4, -0.2) is 47.4 Å². The molecule has 1 aromatic heterocycles. The summed E-state index contributed by atoms with van der Waals surface area (Å²) in [6.45, 7) is 10.8. The topological polar surface area (TPSA) is 74.4 Å². The molecule has 2 N–H and O–H groups in total. The first-order valence-electron chi connectivity index (χ1n) is 10.4. The number of nitrogens with one attached hydrogen (secondary N) is 2. The quantitative estimate of drug-likeness (QED) is 0.482. The van der Waals surface area contributed by atoms with Crippen molar-refractivity contribution < 1.29 is 26.7 Å². The van der Waals surface area contributed by atoms with Crippen LogP contribution in [0.15, 0.2) is 24.3 Å². The molecule has 2 aromatic rings. The summed E-state index contributed by atoms with van der Waals surface area (Å²) in [6, 6.07) is 7.84. The van der Waals surface area contributed by atoms with Gasteiger partial charge in [-0.1, -0.05) is 12.1 Å². The molecule has 1 unspecified atom stereocenters. The molecule has 1 saturated heterocycles. The van der Waals surface area contributed by atoms with Crippen molar-refractivity contribution in [2.45, 2.75) is 53.1 Å². The Morgan fingerprint density at radius 2 is 1.80 bits per heavy atom. The molecule has 6 nitrogen and oxygen atoms in total. The maximum atomic E-state index is 13.0. The number of likely N-dealkylation sites (tertiary alicyclic amines) is 1. The normalized spacial score (nSPS) is 14.8. The van der Waals surface area contributed by atoms with E-state index in [0.29, 0.717) is 29.1 Å². The molecule has 0 bridgehead atoms. The van der Waals surface area contributed by atoms with E-state index in [1.807, 2.05) is 19.1 Å². The summed E-state index contributed by atoms with van der Waals surface area (Å²) >= 11 is 0. The van der Waals surface area contributed by atoms with Crippen molar-refractivity contribution in [2.75, 3.05) is 25.0 Å². The number of H-pyrrole nitrogens is 1. The van der Waals surface area contributed by atoms with Crippen molar-refractivity contribution in [3.05, 3.63) is 52.3 Å². The average molecular weight is 433 g/mol. The van der Waals surface area contributed by atoms with Gasteiger partial charge in [-0.05, 0) is 76.9 Å². The van der Waals surface area contributed by atoms with Gasteiger partial charge in [0.1, 0.15) is 0 Å². The fraction of sp³-hybridized carbons (Fsp3) is 0.478. The van der Waals surface area contributed by atoms with Gasteiger partial charge < -0.3 is 27.4 Å². The molecule has 0 spiro atoms. The second-order valence-electron chi connectivity index (χ2n) is 7.76. The molecule has 1 atom stereocenters. The number of carbonyl (C=O) groups excluding carboxylic acids is 2. The summed E-state index contributed by atoms with van der Waals surface area (Å²) in [7, 11) is 0. The molecular formula is C23H31ClN3O3-. The van der Waals surface area contributed by atoms with Crippen LogP contribution < -0.4 is 17.7 Å². The minimum atomic E-state index is -0.425. The van der Waals surface area contributed by atoms with Gasteiger partial charge in [-0.2, -0.15) is 0 Å². The summed E-state index contributed by atoms with van der Waals surface area (Å²) in [5.74, 6) is -0.478. The van der Waals surface area contributed by atoms with Crippen molar-refractivity contribution in [1.29, 1.82) is 0 Å². The maximum absolute atomic E-state index is 13.0. The van der Waals surface area contributed by atoms with E-state index in [9.17, 15) is 9.59 Å². The van der Waals surface area contributed by atoms with Gasteiger partial charge in [-0.15, -0.1) is 0 Å². The zero-order chi connectivity index (χ0) is 21.0. The van der Waals surface area contributed by atoms with E-state index in [0.717, 1.165) is 12.2 Å². The van der Waals surface area contributed by atoms with Gasteiger partial charge in [0.25, 0.3) is 0 Å². The first kappa shape index (κ1) is 24.0. The predicted molar refractivity (Wildman–Crippen MR) is 115 cm³/mol. The molecule has 164 valence electrons. The van der Waals surface area contributed by atoms with Crippen LogP contribution in [0.25, 0.3) is 0 Å². The molecule has 1 aliphatic rings. The van der Waals surface area contributed by atoms with Crippen LogP contribution in [0.4, 0.5) is 5.69 Å². The number of anilines is 1. The third kappa shape index (κ3) is 5.43. The van der Waals surface area contributed by atoms with E-state index in [1.165, 1.54) is 31.5 Å². The molecule has 2 heterocycles. The van der Waals surface area contributed by atoms with Crippen molar-refractivity contribution in [3.8, 4) is 0 Å². The Bertz CT molecular complexity index is 871. The number of rotatable bonds is 8. The Hall–Kier alpha value is -2.31. The number of benzene rings is 1. The molecule has 0 radical (unpaired) electrons. The van der Waals surface area contributed by atoms with Crippen molar-refractivity contribution in [1.82, 2.24) is 9.88 Å². The lowest BCUT2D eigenvalue weighted by Gasteiger charge is -2.17. The largest absolute Gasteiger partial charge is 1.00 e. The van der Waals surface area contributed by atoms with E-state index in [-0.39, 0.29) is 18.2 Å². The first-order valence-corrected chi connectivity index (χ1v) is 10.4. The molecule has 30 heavy (non-hydrogen) atoms. The molecular weight excluding hydrogens is 402 g/mol. The number of carbonyl (C=O) groups is 2. The smallest absolute Gasteiger partial charge is 0.340 e. The van der Waals surface area contributed by atoms with E-state index >= 15 is 0 Å². The Labute approximate surface area is 184 Å². The predicted octanol–water partition coefficient (Wildman–Crippen LogP) is 1.09. The van der Waals surface area contributed by atoms with Crippen LogP contribution in [0.1, 0.15) is 64.4 Å². The van der Waals surface area contributed by atoms with Crippen LogP contribution in [-0.2, 0) is 11.3 Å². The fourth-order valence-corrected chi connectivity index (χ4v) is 3.94. The number of ketones is 1. The van der Waals surface area contributed by atoms with Crippen molar-refractivity contribution in [2.24, 2.45) is 0 Å². The van der Waals surface area contributed by atoms with Crippen molar-refractivity contribution >= 4 is 17.4 Å². The van der Waals surface area contributed by atoms with Gasteiger partial charge in [-0.3, -0.25) is 9.69 Å². The molecule has 0 amide bonds. The van der Waals surface area contributed by atoms with Crippen LogP contribution in [0.5, 0.6) is 0 Å². The number of halogens is 1. The molecule has 1 aromatic carbocycles. The standard InChI is InChI=1S/C23H31N3O3.ClH/c1-5-29-23(28)20-15(2)21(25-16(20)3)22(27)17(4)24-19-10-8-18(9-11-19)14-26-12-6-7-13-26;/h8-11,17,24-25H,5-7,12-14H2,1-4H3;1H/p-1. The highest BCUT2D eigenvalue weighted by Gasteiger charge is 2.25. The summed E-state index contributed by atoms with van der Waals surface area (Å²) in [5, 5.41) is 3.27. The van der Waals surface area contributed by atoms with Gasteiger partial charge in [-0.25, -0.2) is 4.79 Å².